The van der Waals surface area contributed by atoms with Crippen molar-refractivity contribution in [2.45, 2.75) is 45.1 Å². The van der Waals surface area contributed by atoms with Crippen LogP contribution in [0.15, 0.2) is 42.5 Å². The Hall–Kier alpha value is -3.85. The third kappa shape index (κ3) is 4.20. The van der Waals surface area contributed by atoms with Gasteiger partial charge in [-0.2, -0.15) is 0 Å². The van der Waals surface area contributed by atoms with Crippen molar-refractivity contribution < 1.29 is 23.9 Å². The topological polar surface area (TPSA) is 104 Å². The van der Waals surface area contributed by atoms with Crippen molar-refractivity contribution in [3.05, 3.63) is 59.3 Å². The first-order valence-electron chi connectivity index (χ1n) is 13.2. The highest BCUT2D eigenvalue weighted by Gasteiger charge is 2.59. The molecule has 38 heavy (non-hydrogen) atoms. The second-order valence-corrected chi connectivity index (χ2v) is 9.88. The second kappa shape index (κ2) is 10.5. The fourth-order valence-electron chi connectivity index (χ4n) is 5.44. The number of aromatic nitrogens is 1. The predicted molar refractivity (Wildman–Crippen MR) is 145 cm³/mol. The molecule has 1 atom stereocenters. The molecule has 3 heterocycles. The third-order valence-electron chi connectivity index (χ3n) is 7.55. The number of anilines is 1. The lowest BCUT2D eigenvalue weighted by atomic mass is 9.87. The minimum atomic E-state index is -1.21. The summed E-state index contributed by atoms with van der Waals surface area (Å²) in [5.74, 6) is 0.0181. The summed E-state index contributed by atoms with van der Waals surface area (Å²) >= 11 is 0. The van der Waals surface area contributed by atoms with E-state index in [9.17, 15) is 14.4 Å². The minimum absolute atomic E-state index is 0.283. The largest absolute Gasteiger partial charge is 0.497 e. The van der Waals surface area contributed by atoms with Gasteiger partial charge in [0.15, 0.2) is 5.54 Å². The van der Waals surface area contributed by atoms with Gasteiger partial charge < -0.3 is 24.7 Å². The van der Waals surface area contributed by atoms with Crippen molar-refractivity contribution >= 4 is 34.4 Å². The quantitative estimate of drug-likeness (QED) is 0.307. The molecule has 0 aliphatic carbocycles. The fourth-order valence-corrected chi connectivity index (χ4v) is 5.44. The molecular weight excluding hydrogens is 484 g/mol. The van der Waals surface area contributed by atoms with Crippen LogP contribution >= 0.6 is 0 Å². The highest BCUT2D eigenvalue weighted by molar-refractivity contribution is 6.25. The van der Waals surface area contributed by atoms with E-state index >= 15 is 0 Å². The molecule has 2 N–H and O–H groups in total. The molecule has 1 fully saturated rings. The van der Waals surface area contributed by atoms with Crippen LogP contribution in [0.25, 0.3) is 10.9 Å². The summed E-state index contributed by atoms with van der Waals surface area (Å²) in [6.07, 6.45) is 3.38. The van der Waals surface area contributed by atoms with Gasteiger partial charge >= 0.3 is 6.03 Å². The molecular formula is C29H34N4O5. The summed E-state index contributed by atoms with van der Waals surface area (Å²) < 4.78 is 11.0. The van der Waals surface area contributed by atoms with E-state index in [0.717, 1.165) is 40.0 Å². The number of nitrogens with one attached hydrogen (secondary N) is 2. The first kappa shape index (κ1) is 25.8. The lowest BCUT2D eigenvalue weighted by Crippen LogP contribution is -2.49. The van der Waals surface area contributed by atoms with Crippen LogP contribution in [0.2, 0.25) is 0 Å². The Labute approximate surface area is 222 Å². The summed E-state index contributed by atoms with van der Waals surface area (Å²) in [5, 5.41) is 3.88. The summed E-state index contributed by atoms with van der Waals surface area (Å²) in [5.41, 5.74) is 1.96. The average molecular weight is 519 g/mol. The summed E-state index contributed by atoms with van der Waals surface area (Å²) in [7, 11) is 1.62. The van der Waals surface area contributed by atoms with Gasteiger partial charge in [-0.15, -0.1) is 0 Å². The smallest absolute Gasteiger partial charge is 0.332 e. The molecule has 200 valence electrons. The number of carbonyl (C=O) groups is 3. The maximum Gasteiger partial charge on any atom is 0.332 e. The number of rotatable bonds is 10. The molecule has 1 saturated heterocycles. The monoisotopic (exact) mass is 518 g/mol. The Balaban J connectivity index is 1.41. The van der Waals surface area contributed by atoms with Crippen LogP contribution in [0.4, 0.5) is 10.5 Å². The van der Waals surface area contributed by atoms with Gasteiger partial charge in [0, 0.05) is 37.2 Å². The number of amides is 4. The minimum Gasteiger partial charge on any atom is -0.497 e. The SMILES string of the molecule is CCCCOCCCNC(=O)c1ccccc1N1C(=O)N2CCc3c([nH]c4ccc(OC)cc34)[C@@]2(C)C1=O. The number of unbranched alkanes of at least 4 members (excludes halogenated alkanes) is 1. The zero-order valence-corrected chi connectivity index (χ0v) is 22.1. The van der Waals surface area contributed by atoms with Crippen LogP contribution in [-0.4, -0.2) is 61.1 Å². The number of aromatic amines is 1. The molecule has 0 radical (unpaired) electrons. The van der Waals surface area contributed by atoms with Gasteiger partial charge in [0.2, 0.25) is 0 Å². The van der Waals surface area contributed by atoms with Gasteiger partial charge in [0.25, 0.3) is 11.8 Å². The van der Waals surface area contributed by atoms with E-state index in [2.05, 4.69) is 17.2 Å². The van der Waals surface area contributed by atoms with Gasteiger partial charge in [-0.25, -0.2) is 9.69 Å². The second-order valence-electron chi connectivity index (χ2n) is 9.88. The number of urea groups is 1. The lowest BCUT2D eigenvalue weighted by molar-refractivity contribution is -0.125. The van der Waals surface area contributed by atoms with Crippen molar-refractivity contribution in [1.29, 1.82) is 0 Å². The van der Waals surface area contributed by atoms with E-state index in [1.807, 2.05) is 18.2 Å². The lowest BCUT2D eigenvalue weighted by Gasteiger charge is -2.35. The Bertz CT molecular complexity index is 1380. The number of hydrogen-bond donors (Lipinski definition) is 2. The summed E-state index contributed by atoms with van der Waals surface area (Å²) in [6, 6.07) is 12.1. The van der Waals surface area contributed by atoms with Crippen LogP contribution in [0, 0.1) is 0 Å². The molecule has 0 bridgehead atoms. The Kier molecular flexibility index (Phi) is 7.12. The maximum absolute atomic E-state index is 14.1. The number of ether oxygens (including phenoxy) is 2. The third-order valence-corrected chi connectivity index (χ3v) is 7.55. The van der Waals surface area contributed by atoms with Crippen LogP contribution in [0.1, 0.15) is 54.7 Å². The standard InChI is InChI=1S/C29H34N4O5/c1-4-5-16-38-17-8-14-30-26(34)21-9-6-7-10-24(21)33-27(35)29(2)25-20(13-15-32(29)28(33)36)22-18-19(37-3)11-12-23(22)31-25/h6-7,9-12,18,31H,4-5,8,13-17H2,1-3H3,(H,30,34)/t29-/m0/s1. The number of H-pyrrole nitrogens is 1. The van der Waals surface area contributed by atoms with E-state index in [4.69, 9.17) is 9.47 Å². The van der Waals surface area contributed by atoms with Gasteiger partial charge in [0.1, 0.15) is 5.75 Å². The normalized spacial score (nSPS) is 18.6. The fraction of sp³-hybridized carbons (Fsp3) is 0.414. The number of fused-ring (bicyclic) bond motifs is 5. The van der Waals surface area contributed by atoms with Crippen molar-refractivity contribution in [3.8, 4) is 5.75 Å². The Morgan fingerprint density at radius 2 is 1.92 bits per heavy atom. The predicted octanol–water partition coefficient (Wildman–Crippen LogP) is 4.35. The molecule has 2 aliphatic rings. The van der Waals surface area contributed by atoms with E-state index in [1.54, 1.807) is 43.2 Å². The highest BCUT2D eigenvalue weighted by Crippen LogP contribution is 2.46. The molecule has 5 rings (SSSR count). The van der Waals surface area contributed by atoms with Crippen LogP contribution in [0.5, 0.6) is 5.75 Å². The highest BCUT2D eigenvalue weighted by atomic mass is 16.5. The van der Waals surface area contributed by atoms with Crippen LogP contribution in [-0.2, 0) is 21.5 Å². The van der Waals surface area contributed by atoms with E-state index in [0.29, 0.717) is 44.8 Å². The van der Waals surface area contributed by atoms with Crippen molar-refractivity contribution in [2.24, 2.45) is 0 Å². The van der Waals surface area contributed by atoms with Crippen molar-refractivity contribution in [2.75, 3.05) is 38.3 Å². The number of nitrogens with zero attached hydrogens (tertiary/aromatic N) is 2. The van der Waals surface area contributed by atoms with Crippen molar-refractivity contribution in [1.82, 2.24) is 15.2 Å². The number of carbonyl (C=O) groups excluding carboxylic acids is 3. The van der Waals surface area contributed by atoms with E-state index in [-0.39, 0.29) is 23.1 Å². The first-order valence-corrected chi connectivity index (χ1v) is 13.2. The molecule has 2 aromatic carbocycles. The number of imide groups is 1. The van der Waals surface area contributed by atoms with Gasteiger partial charge in [-0.05, 0) is 62.1 Å². The average Bonchev–Trinajstić information content (AvgIpc) is 3.40. The van der Waals surface area contributed by atoms with E-state index in [1.165, 1.54) is 0 Å². The van der Waals surface area contributed by atoms with Gasteiger partial charge in [0.05, 0.1) is 24.1 Å². The van der Waals surface area contributed by atoms with Crippen LogP contribution in [0.3, 0.4) is 0 Å². The molecule has 9 nitrogen and oxygen atoms in total. The molecule has 2 aliphatic heterocycles. The van der Waals surface area contributed by atoms with Gasteiger partial charge in [-0.1, -0.05) is 25.5 Å². The molecule has 3 aromatic rings. The van der Waals surface area contributed by atoms with Gasteiger partial charge in [-0.3, -0.25) is 9.59 Å². The number of hydrogen-bond acceptors (Lipinski definition) is 5. The zero-order valence-electron chi connectivity index (χ0n) is 22.1. The molecule has 1 aromatic heterocycles. The van der Waals surface area contributed by atoms with Crippen molar-refractivity contribution in [3.63, 3.8) is 0 Å². The molecule has 0 unspecified atom stereocenters. The Morgan fingerprint density at radius 3 is 2.71 bits per heavy atom. The Morgan fingerprint density at radius 1 is 1.13 bits per heavy atom. The van der Waals surface area contributed by atoms with E-state index < -0.39 is 11.6 Å². The number of para-hydroxylation sites is 1. The number of methoxy groups -OCH3 is 1. The van der Waals surface area contributed by atoms with Crippen LogP contribution < -0.4 is 15.0 Å². The molecule has 9 heteroatoms. The molecule has 0 saturated carbocycles. The molecule has 0 spiro atoms. The maximum atomic E-state index is 14.1. The first-order chi connectivity index (χ1) is 18.4. The number of benzene rings is 2. The summed E-state index contributed by atoms with van der Waals surface area (Å²) in [6.45, 7) is 6.00. The summed E-state index contributed by atoms with van der Waals surface area (Å²) in [4.78, 5) is 47.0. The molecule has 4 amide bonds. The zero-order chi connectivity index (χ0) is 26.9.